The quantitative estimate of drug-likeness (QED) is 0.286. The van der Waals surface area contributed by atoms with Crippen molar-refractivity contribution in [1.29, 1.82) is 0 Å². The third-order valence-corrected chi connectivity index (χ3v) is 6.20. The minimum Gasteiger partial charge on any atom is -0.403 e. The van der Waals surface area contributed by atoms with Crippen LogP contribution in [0.3, 0.4) is 0 Å². The Balaban J connectivity index is 1.15. The zero-order valence-electron chi connectivity index (χ0n) is 20.0. The van der Waals surface area contributed by atoms with Crippen LogP contribution in [0.2, 0.25) is 0 Å². The molecule has 1 amide bonds. The molecule has 6 rings (SSSR count). The predicted molar refractivity (Wildman–Crippen MR) is 125 cm³/mol. The summed E-state index contributed by atoms with van der Waals surface area (Å²) in [5, 5.41) is 14.6. The van der Waals surface area contributed by atoms with Gasteiger partial charge in [-0.3, -0.25) is 15.2 Å². The van der Waals surface area contributed by atoms with E-state index in [1.165, 1.54) is 24.6 Å². The highest BCUT2D eigenvalue weighted by atomic mass is 19.4. The molecule has 4 aromatic rings. The first kappa shape index (κ1) is 24.6. The Bertz CT molecular complexity index is 1560. The van der Waals surface area contributed by atoms with Gasteiger partial charge in [0, 0.05) is 30.7 Å². The van der Waals surface area contributed by atoms with Gasteiger partial charge in [0.15, 0.2) is 11.6 Å². The van der Waals surface area contributed by atoms with Crippen LogP contribution < -0.4 is 21.0 Å². The van der Waals surface area contributed by atoms with Crippen molar-refractivity contribution >= 4 is 11.6 Å². The topological polar surface area (TPSA) is 127 Å². The van der Waals surface area contributed by atoms with Crippen LogP contribution in [-0.4, -0.2) is 46.9 Å². The van der Waals surface area contributed by atoms with Gasteiger partial charge in [-0.25, -0.2) is 14.1 Å². The van der Waals surface area contributed by atoms with Crippen molar-refractivity contribution in [1.82, 2.24) is 50.9 Å². The number of fused-ring (bicyclic) bond motifs is 1. The second-order valence-electron chi connectivity index (χ2n) is 9.00. The van der Waals surface area contributed by atoms with E-state index in [0.717, 1.165) is 34.5 Å². The molecule has 0 saturated heterocycles. The molecule has 1 fully saturated rings. The first-order valence-corrected chi connectivity index (χ1v) is 11.8. The van der Waals surface area contributed by atoms with Crippen LogP contribution in [0.25, 0.3) is 11.3 Å². The molecule has 3 aromatic heterocycles. The molecule has 4 heterocycles. The first-order chi connectivity index (χ1) is 18.7. The molecule has 0 unspecified atom stereocenters. The number of nitrogens with zero attached hydrogens (tertiary/aromatic N) is 7. The maximum atomic E-state index is 15.0. The Morgan fingerprint density at radius 3 is 2.77 bits per heavy atom. The number of ether oxygens (including phenoxy) is 1. The van der Waals surface area contributed by atoms with Crippen molar-refractivity contribution < 1.29 is 27.1 Å². The summed E-state index contributed by atoms with van der Waals surface area (Å²) >= 11 is 0. The van der Waals surface area contributed by atoms with Gasteiger partial charge >= 0.3 is 6.36 Å². The van der Waals surface area contributed by atoms with Crippen molar-refractivity contribution in [3.63, 3.8) is 0 Å². The van der Waals surface area contributed by atoms with Crippen LogP contribution in [0.1, 0.15) is 35.6 Å². The molecule has 16 heteroatoms. The van der Waals surface area contributed by atoms with Crippen LogP contribution >= 0.6 is 0 Å². The number of carbonyl (C=O) groups excluding carboxylic acids is 1. The molecule has 1 aliphatic carbocycles. The fourth-order valence-corrected chi connectivity index (χ4v) is 4.23. The fourth-order valence-electron chi connectivity index (χ4n) is 4.23. The number of hydrogen-bond donors (Lipinski definition) is 3. The number of carbonyl (C=O) groups is 1. The van der Waals surface area contributed by atoms with Gasteiger partial charge in [0.25, 0.3) is 5.91 Å². The lowest BCUT2D eigenvalue weighted by Crippen LogP contribution is -2.38. The number of nitrogens with one attached hydrogen (secondary N) is 3. The molecular formula is C23H20F4N10O2. The summed E-state index contributed by atoms with van der Waals surface area (Å²) in [6.07, 6.45) is 3.91. The number of hydrazine groups is 2. The molecule has 0 radical (unpaired) electrons. The molecule has 0 spiro atoms. The van der Waals surface area contributed by atoms with E-state index in [2.05, 4.69) is 53.8 Å². The van der Waals surface area contributed by atoms with Gasteiger partial charge in [0.05, 0.1) is 17.9 Å². The number of hydrogen-bond acceptors (Lipinski definition) is 9. The lowest BCUT2D eigenvalue weighted by atomic mass is 10.1. The van der Waals surface area contributed by atoms with Crippen molar-refractivity contribution in [2.75, 3.05) is 0 Å². The molecule has 1 aromatic carbocycles. The Kier molecular flexibility index (Phi) is 6.02. The summed E-state index contributed by atoms with van der Waals surface area (Å²) in [6, 6.07) is 6.01. The summed E-state index contributed by atoms with van der Waals surface area (Å²) < 4.78 is 60.0. The number of benzene rings is 1. The lowest BCUT2D eigenvalue weighted by molar-refractivity contribution is -0.275. The van der Waals surface area contributed by atoms with Crippen LogP contribution in [0, 0.1) is 5.82 Å². The molecule has 39 heavy (non-hydrogen) atoms. The summed E-state index contributed by atoms with van der Waals surface area (Å²) in [4.78, 5) is 17.4. The largest absolute Gasteiger partial charge is 0.573 e. The van der Waals surface area contributed by atoms with Crippen LogP contribution in [-0.2, 0) is 17.9 Å². The first-order valence-electron chi connectivity index (χ1n) is 11.8. The van der Waals surface area contributed by atoms with E-state index in [9.17, 15) is 18.0 Å². The van der Waals surface area contributed by atoms with E-state index in [1.54, 1.807) is 5.01 Å². The normalized spacial score (nSPS) is 15.4. The van der Waals surface area contributed by atoms with E-state index in [-0.39, 0.29) is 16.9 Å². The van der Waals surface area contributed by atoms with Gasteiger partial charge in [-0.05, 0) is 52.9 Å². The molecule has 3 N–H and O–H groups in total. The van der Waals surface area contributed by atoms with Crippen LogP contribution in [0.5, 0.6) is 5.75 Å². The SMILES string of the molecule is O=C(NCc1c(-n2cnnn2)ccc(OC(F)(F)F)c1F)C1=CN(Cc2cn3cc(C4CC4)ccc3n2)NN1. The standard InChI is InChI=1S/C23H20F4N10O2/c24-21-16(18(37-12-29-32-34-37)4-5-19(21)39-23(25,26)27)7-28-22(38)17-11-36(33-31-17)10-15-9-35-8-14(13-1-2-13)3-6-20(35)30-15/h3-6,8-9,11-13,31,33H,1-2,7,10H2,(H,28,38). The molecule has 0 atom stereocenters. The monoisotopic (exact) mass is 544 g/mol. The molecule has 0 bridgehead atoms. The average Bonchev–Trinajstić information content (AvgIpc) is 3.26. The molecular weight excluding hydrogens is 524 g/mol. The minimum absolute atomic E-state index is 0.0251. The Labute approximate surface area is 217 Å². The van der Waals surface area contributed by atoms with Gasteiger partial charge in [-0.2, -0.15) is 0 Å². The summed E-state index contributed by atoms with van der Waals surface area (Å²) in [6.45, 7) is -0.150. The summed E-state index contributed by atoms with van der Waals surface area (Å²) in [5.41, 5.74) is 8.20. The smallest absolute Gasteiger partial charge is 0.403 e. The lowest BCUT2D eigenvalue weighted by Gasteiger charge is -2.15. The van der Waals surface area contributed by atoms with Gasteiger partial charge < -0.3 is 14.5 Å². The van der Waals surface area contributed by atoms with Gasteiger partial charge in [-0.1, -0.05) is 6.07 Å². The van der Waals surface area contributed by atoms with Crippen LogP contribution in [0.4, 0.5) is 17.6 Å². The molecule has 202 valence electrons. The average molecular weight is 544 g/mol. The number of amides is 1. The third-order valence-electron chi connectivity index (χ3n) is 6.20. The summed E-state index contributed by atoms with van der Waals surface area (Å²) in [7, 11) is 0. The maximum Gasteiger partial charge on any atom is 0.573 e. The van der Waals surface area contributed by atoms with Crippen molar-refractivity contribution in [3.8, 4) is 11.4 Å². The van der Waals surface area contributed by atoms with Gasteiger partial charge in [-0.15, -0.1) is 23.8 Å². The number of alkyl halides is 3. The fraction of sp³-hybridized carbons (Fsp3) is 0.261. The molecule has 1 aliphatic heterocycles. The Hall–Kier alpha value is -4.73. The number of imidazole rings is 1. The van der Waals surface area contributed by atoms with Gasteiger partial charge in [0.2, 0.25) is 0 Å². The zero-order chi connectivity index (χ0) is 27.1. The molecule has 1 saturated carbocycles. The summed E-state index contributed by atoms with van der Waals surface area (Å²) in [5.74, 6) is -2.39. The maximum absolute atomic E-state index is 15.0. The van der Waals surface area contributed by atoms with Crippen LogP contribution in [0.15, 0.2) is 54.9 Å². The van der Waals surface area contributed by atoms with Gasteiger partial charge in [0.1, 0.15) is 17.7 Å². The Morgan fingerprint density at radius 2 is 2.03 bits per heavy atom. The van der Waals surface area contributed by atoms with E-state index in [0.29, 0.717) is 12.5 Å². The molecule has 2 aliphatic rings. The number of rotatable bonds is 8. The highest BCUT2D eigenvalue weighted by Crippen LogP contribution is 2.40. The zero-order valence-corrected chi connectivity index (χ0v) is 20.0. The Morgan fingerprint density at radius 1 is 1.18 bits per heavy atom. The number of aromatic nitrogens is 6. The highest BCUT2D eigenvalue weighted by Gasteiger charge is 2.33. The van der Waals surface area contributed by atoms with Crippen molar-refractivity contribution in [2.45, 2.75) is 38.2 Å². The van der Waals surface area contributed by atoms with E-state index < -0.39 is 30.4 Å². The second-order valence-corrected chi connectivity index (χ2v) is 9.00. The number of pyridine rings is 1. The van der Waals surface area contributed by atoms with Crippen molar-refractivity contribution in [3.05, 3.63) is 77.5 Å². The number of halogens is 4. The van der Waals surface area contributed by atoms with E-state index >= 15 is 4.39 Å². The predicted octanol–water partition coefficient (Wildman–Crippen LogP) is 2.21. The number of tetrazole rings is 1. The van der Waals surface area contributed by atoms with E-state index in [1.807, 2.05) is 16.7 Å². The minimum atomic E-state index is -5.11. The highest BCUT2D eigenvalue weighted by molar-refractivity contribution is 5.92. The third kappa shape index (κ3) is 5.31. The van der Waals surface area contributed by atoms with E-state index in [4.69, 9.17) is 0 Å². The molecule has 12 nitrogen and oxygen atoms in total. The van der Waals surface area contributed by atoms with Crippen molar-refractivity contribution in [2.24, 2.45) is 0 Å². The second kappa shape index (κ2) is 9.54.